The van der Waals surface area contributed by atoms with Crippen LogP contribution in [-0.4, -0.2) is 17.5 Å². The Morgan fingerprint density at radius 3 is 2.23 bits per heavy atom. The van der Waals surface area contributed by atoms with Crippen molar-refractivity contribution in [3.63, 3.8) is 0 Å². The Morgan fingerprint density at radius 1 is 1.31 bits per heavy atom. The number of hydrogen-bond acceptors (Lipinski definition) is 3. The quantitative estimate of drug-likeness (QED) is 0.726. The summed E-state index contributed by atoms with van der Waals surface area (Å²) in [5.41, 5.74) is 6.75. The number of nitrogens with two attached hydrogens (primary N) is 1. The molecule has 3 heteroatoms. The second-order valence-electron chi connectivity index (χ2n) is 3.04. The number of thioether (sulfide) groups is 1. The van der Waals surface area contributed by atoms with Gasteiger partial charge in [-0.05, 0) is 30.9 Å². The van der Waals surface area contributed by atoms with E-state index in [0.29, 0.717) is 0 Å². The topological polar surface area (TPSA) is 46.2 Å². The van der Waals surface area contributed by atoms with Crippen molar-refractivity contribution in [2.45, 2.75) is 24.0 Å². The normalized spacial score (nSPS) is 15.4. The summed E-state index contributed by atoms with van der Waals surface area (Å²) in [4.78, 5) is 1.21. The van der Waals surface area contributed by atoms with Gasteiger partial charge in [0.25, 0.3) is 0 Å². The molecule has 0 bridgehead atoms. The minimum atomic E-state index is -0.500. The molecule has 0 aliphatic rings. The molecule has 1 aromatic rings. The third kappa shape index (κ3) is 2.72. The number of hydrogen-bond donors (Lipinski definition) is 2. The molecule has 0 aliphatic carbocycles. The van der Waals surface area contributed by atoms with Crippen LogP contribution in [0.2, 0.25) is 0 Å². The van der Waals surface area contributed by atoms with Gasteiger partial charge < -0.3 is 10.8 Å². The summed E-state index contributed by atoms with van der Waals surface area (Å²) < 4.78 is 0. The average Bonchev–Trinajstić information content (AvgIpc) is 2.17. The lowest BCUT2D eigenvalue weighted by atomic mass is 10.0. The lowest BCUT2D eigenvalue weighted by Gasteiger charge is -2.14. The van der Waals surface area contributed by atoms with Gasteiger partial charge in [0.05, 0.1) is 12.1 Å². The van der Waals surface area contributed by atoms with Gasteiger partial charge in [-0.15, -0.1) is 11.8 Å². The molecule has 2 nitrogen and oxygen atoms in total. The van der Waals surface area contributed by atoms with Gasteiger partial charge in [0.1, 0.15) is 0 Å². The Balaban J connectivity index is 2.79. The molecule has 3 N–H and O–H groups in total. The van der Waals surface area contributed by atoms with Gasteiger partial charge in [-0.2, -0.15) is 0 Å². The van der Waals surface area contributed by atoms with E-state index in [0.717, 1.165) is 5.56 Å². The summed E-state index contributed by atoms with van der Waals surface area (Å²) in [5, 5.41) is 9.27. The molecule has 1 aromatic carbocycles. The molecule has 1 unspecified atom stereocenters. The van der Waals surface area contributed by atoms with Crippen LogP contribution >= 0.6 is 11.8 Å². The average molecular weight is 197 g/mol. The zero-order valence-corrected chi connectivity index (χ0v) is 8.71. The predicted molar refractivity (Wildman–Crippen MR) is 56.8 cm³/mol. The number of aliphatic hydroxyl groups excluding tert-OH is 1. The maximum absolute atomic E-state index is 9.27. The Labute approximate surface area is 83.1 Å². The van der Waals surface area contributed by atoms with Crippen LogP contribution in [0.25, 0.3) is 0 Å². The molecule has 0 saturated heterocycles. The van der Waals surface area contributed by atoms with Crippen LogP contribution < -0.4 is 5.73 Å². The fraction of sp³-hybridized carbons (Fsp3) is 0.400. The smallest absolute Gasteiger partial charge is 0.0704 e. The lowest BCUT2D eigenvalue weighted by molar-refractivity contribution is 0.164. The van der Waals surface area contributed by atoms with Gasteiger partial charge in [-0.25, -0.2) is 0 Å². The molecule has 0 heterocycles. The summed E-state index contributed by atoms with van der Waals surface area (Å²) in [6, 6.07) is 7.67. The van der Waals surface area contributed by atoms with E-state index in [2.05, 4.69) is 0 Å². The summed E-state index contributed by atoms with van der Waals surface area (Å²) >= 11 is 1.69. The van der Waals surface area contributed by atoms with Gasteiger partial charge >= 0.3 is 0 Å². The summed E-state index contributed by atoms with van der Waals surface area (Å²) in [6.45, 7) is 1.70. The van der Waals surface area contributed by atoms with E-state index >= 15 is 0 Å². The highest BCUT2D eigenvalue weighted by atomic mass is 32.2. The standard InChI is InChI=1S/C10H15NOS/c1-7(12)10(11)8-3-5-9(13-2)6-4-8/h3-7,10,12H,11H2,1-2H3/t7?,10-/m0/s1. The zero-order valence-electron chi connectivity index (χ0n) is 7.90. The molecule has 0 aliphatic heterocycles. The van der Waals surface area contributed by atoms with Crippen molar-refractivity contribution in [2.24, 2.45) is 5.73 Å². The van der Waals surface area contributed by atoms with Gasteiger partial charge in [-0.3, -0.25) is 0 Å². The Morgan fingerprint density at radius 2 is 1.85 bits per heavy atom. The fourth-order valence-corrected chi connectivity index (χ4v) is 1.51. The van der Waals surface area contributed by atoms with Gasteiger partial charge in [-0.1, -0.05) is 12.1 Å². The van der Waals surface area contributed by atoms with Crippen molar-refractivity contribution in [1.29, 1.82) is 0 Å². The summed E-state index contributed by atoms with van der Waals surface area (Å²) in [5.74, 6) is 0. The lowest BCUT2D eigenvalue weighted by Crippen LogP contribution is -2.22. The van der Waals surface area contributed by atoms with Crippen LogP contribution in [0.5, 0.6) is 0 Å². The van der Waals surface area contributed by atoms with E-state index in [-0.39, 0.29) is 6.04 Å². The second-order valence-corrected chi connectivity index (χ2v) is 3.92. The third-order valence-electron chi connectivity index (χ3n) is 2.02. The first-order chi connectivity index (χ1) is 6.15. The fourth-order valence-electron chi connectivity index (χ4n) is 1.10. The number of aliphatic hydroxyl groups is 1. The van der Waals surface area contributed by atoms with E-state index in [1.807, 2.05) is 30.5 Å². The number of rotatable bonds is 3. The van der Waals surface area contributed by atoms with E-state index in [4.69, 9.17) is 5.73 Å². The molecule has 0 amide bonds. The van der Waals surface area contributed by atoms with Gasteiger partial charge in [0.15, 0.2) is 0 Å². The first-order valence-corrected chi connectivity index (χ1v) is 5.45. The molecular weight excluding hydrogens is 182 g/mol. The SMILES string of the molecule is CSc1ccc([C@@H](N)C(C)O)cc1. The van der Waals surface area contributed by atoms with E-state index in [9.17, 15) is 5.11 Å². The van der Waals surface area contributed by atoms with E-state index in [1.165, 1.54) is 4.90 Å². The third-order valence-corrected chi connectivity index (χ3v) is 2.76. The first-order valence-electron chi connectivity index (χ1n) is 4.22. The summed E-state index contributed by atoms with van der Waals surface area (Å²) in [6.07, 6.45) is 1.53. The zero-order chi connectivity index (χ0) is 9.84. The maximum atomic E-state index is 9.27. The van der Waals surface area contributed by atoms with Crippen molar-refractivity contribution in [3.8, 4) is 0 Å². The highest BCUT2D eigenvalue weighted by molar-refractivity contribution is 7.98. The van der Waals surface area contributed by atoms with Crippen LogP contribution in [0.4, 0.5) is 0 Å². The molecular formula is C10H15NOS. The molecule has 0 saturated carbocycles. The van der Waals surface area contributed by atoms with Crippen molar-refractivity contribution in [2.75, 3.05) is 6.26 Å². The highest BCUT2D eigenvalue weighted by Crippen LogP contribution is 2.19. The Hall–Kier alpha value is -0.510. The van der Waals surface area contributed by atoms with Crippen molar-refractivity contribution >= 4 is 11.8 Å². The molecule has 1 rings (SSSR count). The molecule has 13 heavy (non-hydrogen) atoms. The first kappa shape index (κ1) is 10.6. The molecule has 72 valence electrons. The largest absolute Gasteiger partial charge is 0.391 e. The van der Waals surface area contributed by atoms with Crippen LogP contribution in [0, 0.1) is 0 Å². The molecule has 2 atom stereocenters. The maximum Gasteiger partial charge on any atom is 0.0704 e. The second kappa shape index (κ2) is 4.65. The van der Waals surface area contributed by atoms with Crippen LogP contribution in [0.15, 0.2) is 29.2 Å². The highest BCUT2D eigenvalue weighted by Gasteiger charge is 2.10. The summed E-state index contributed by atoms with van der Waals surface area (Å²) in [7, 11) is 0. The predicted octanol–water partition coefficient (Wildman–Crippen LogP) is 1.79. The van der Waals surface area contributed by atoms with E-state index in [1.54, 1.807) is 18.7 Å². The van der Waals surface area contributed by atoms with Crippen molar-refractivity contribution in [3.05, 3.63) is 29.8 Å². The Kier molecular flexibility index (Phi) is 3.78. The van der Waals surface area contributed by atoms with E-state index < -0.39 is 6.10 Å². The molecule has 0 radical (unpaired) electrons. The monoisotopic (exact) mass is 197 g/mol. The molecule has 0 spiro atoms. The van der Waals surface area contributed by atoms with Crippen molar-refractivity contribution in [1.82, 2.24) is 0 Å². The number of benzene rings is 1. The molecule has 0 fully saturated rings. The van der Waals surface area contributed by atoms with Crippen LogP contribution in [-0.2, 0) is 0 Å². The van der Waals surface area contributed by atoms with Crippen molar-refractivity contribution < 1.29 is 5.11 Å². The van der Waals surface area contributed by atoms with Gasteiger partial charge in [0, 0.05) is 4.90 Å². The van der Waals surface area contributed by atoms with Crippen LogP contribution in [0.1, 0.15) is 18.5 Å². The minimum Gasteiger partial charge on any atom is -0.391 e. The van der Waals surface area contributed by atoms with Gasteiger partial charge in [0.2, 0.25) is 0 Å². The van der Waals surface area contributed by atoms with Crippen LogP contribution in [0.3, 0.4) is 0 Å². The minimum absolute atomic E-state index is 0.282. The Bertz CT molecular complexity index is 258. The molecule has 0 aromatic heterocycles.